The van der Waals surface area contributed by atoms with Gasteiger partial charge in [0.15, 0.2) is 0 Å². The van der Waals surface area contributed by atoms with Gasteiger partial charge >= 0.3 is 0 Å². The van der Waals surface area contributed by atoms with E-state index in [-0.39, 0.29) is 0 Å². The zero-order chi connectivity index (χ0) is 7.98. The van der Waals surface area contributed by atoms with E-state index in [2.05, 4.69) is 6.58 Å². The number of hydrogen-bond acceptors (Lipinski definition) is 2. The minimum atomic E-state index is 0.477. The van der Waals surface area contributed by atoms with E-state index in [1.165, 1.54) is 6.26 Å². The first-order valence-corrected chi connectivity index (χ1v) is 3.04. The molecule has 0 aromatic carbocycles. The summed E-state index contributed by atoms with van der Waals surface area (Å²) < 4.78 is 4.95. The quantitative estimate of drug-likeness (QED) is 0.257. The molecule has 2 nitrogen and oxygen atoms in total. The van der Waals surface area contributed by atoms with E-state index < -0.39 is 0 Å². The van der Waals surface area contributed by atoms with E-state index in [9.17, 15) is 4.79 Å². The average molecular weight is 140 g/mol. The van der Waals surface area contributed by atoms with Gasteiger partial charge in [-0.3, -0.25) is 4.79 Å². The van der Waals surface area contributed by atoms with Crippen molar-refractivity contribution < 1.29 is 9.53 Å². The maximum Gasteiger partial charge on any atom is 0.148 e. The third kappa shape index (κ3) is 5.09. The Hall–Kier alpha value is -1.05. The number of ether oxygens (including phenoxy) is 1. The van der Waals surface area contributed by atoms with Crippen LogP contribution in [-0.4, -0.2) is 12.9 Å². The Morgan fingerprint density at radius 3 is 2.60 bits per heavy atom. The Kier molecular flexibility index (Phi) is 4.29. The minimum absolute atomic E-state index is 0.477. The minimum Gasteiger partial charge on any atom is -0.496 e. The van der Waals surface area contributed by atoms with Crippen LogP contribution in [0.4, 0.5) is 0 Å². The highest BCUT2D eigenvalue weighted by Crippen LogP contribution is 1.92. The number of carbonyl (C=O) groups excluding carboxylic acids is 1. The van der Waals surface area contributed by atoms with Gasteiger partial charge in [-0.05, 0) is 19.4 Å². The lowest BCUT2D eigenvalue weighted by molar-refractivity contribution is -0.105. The molecule has 0 saturated carbocycles. The number of allylic oxidation sites excluding steroid dienone is 1. The predicted molar refractivity (Wildman–Crippen MR) is 40.6 cm³/mol. The van der Waals surface area contributed by atoms with E-state index in [0.717, 1.165) is 11.9 Å². The van der Waals surface area contributed by atoms with Crippen LogP contribution < -0.4 is 0 Å². The van der Waals surface area contributed by atoms with Crippen molar-refractivity contribution in [1.29, 1.82) is 0 Å². The van der Waals surface area contributed by atoms with Gasteiger partial charge in [-0.25, -0.2) is 0 Å². The number of rotatable bonds is 4. The van der Waals surface area contributed by atoms with Crippen LogP contribution in [0.1, 0.15) is 13.8 Å². The molecule has 0 aliphatic heterocycles. The second kappa shape index (κ2) is 4.79. The summed E-state index contributed by atoms with van der Waals surface area (Å²) in [6.45, 7) is 7.66. The van der Waals surface area contributed by atoms with Crippen molar-refractivity contribution in [2.45, 2.75) is 13.8 Å². The molecule has 0 amide bonds. The summed E-state index contributed by atoms with van der Waals surface area (Å²) >= 11 is 0. The number of carbonyl (C=O) groups is 1. The lowest BCUT2D eigenvalue weighted by Gasteiger charge is -1.97. The summed E-state index contributed by atoms with van der Waals surface area (Å²) in [5.41, 5.74) is 1.52. The zero-order valence-corrected chi connectivity index (χ0v) is 6.39. The van der Waals surface area contributed by atoms with Crippen molar-refractivity contribution in [3.63, 3.8) is 0 Å². The largest absolute Gasteiger partial charge is 0.496 e. The third-order valence-electron chi connectivity index (χ3n) is 0.785. The van der Waals surface area contributed by atoms with Crippen molar-refractivity contribution in [3.8, 4) is 0 Å². The number of hydrogen-bond donors (Lipinski definition) is 0. The fourth-order valence-corrected chi connectivity index (χ4v) is 0.343. The zero-order valence-electron chi connectivity index (χ0n) is 6.39. The van der Waals surface area contributed by atoms with Gasteiger partial charge < -0.3 is 4.74 Å². The molecule has 0 aliphatic carbocycles. The maximum absolute atomic E-state index is 10.0. The van der Waals surface area contributed by atoms with E-state index in [1.54, 1.807) is 6.92 Å². The lowest BCUT2D eigenvalue weighted by atomic mass is 10.4. The molecular formula is C8H12O2. The Morgan fingerprint density at radius 1 is 1.60 bits per heavy atom. The molecule has 2 heteroatoms. The van der Waals surface area contributed by atoms with Crippen molar-refractivity contribution in [2.75, 3.05) is 6.61 Å². The summed E-state index contributed by atoms with van der Waals surface area (Å²) in [4.78, 5) is 10.0. The Morgan fingerprint density at radius 2 is 2.20 bits per heavy atom. The van der Waals surface area contributed by atoms with Gasteiger partial charge in [0.25, 0.3) is 0 Å². The van der Waals surface area contributed by atoms with Crippen LogP contribution >= 0.6 is 0 Å². The first kappa shape index (κ1) is 8.95. The molecule has 0 radical (unpaired) electrons. The normalized spacial score (nSPS) is 10.8. The highest BCUT2D eigenvalue weighted by molar-refractivity contribution is 5.71. The number of aldehydes is 1. The van der Waals surface area contributed by atoms with Crippen LogP contribution in [0.25, 0.3) is 0 Å². The SMILES string of the molecule is C=C(C)COC=C(C)C=O. The van der Waals surface area contributed by atoms with Crippen LogP contribution in [-0.2, 0) is 9.53 Å². The van der Waals surface area contributed by atoms with Gasteiger partial charge in [0, 0.05) is 5.57 Å². The molecule has 0 aliphatic rings. The Labute approximate surface area is 61.2 Å². The summed E-state index contributed by atoms with van der Waals surface area (Å²) in [6.07, 6.45) is 2.18. The molecule has 0 aromatic heterocycles. The fraction of sp³-hybridized carbons (Fsp3) is 0.375. The van der Waals surface area contributed by atoms with Gasteiger partial charge in [-0.2, -0.15) is 0 Å². The van der Waals surface area contributed by atoms with E-state index in [1.807, 2.05) is 6.92 Å². The molecule has 0 heterocycles. The highest BCUT2D eigenvalue weighted by Gasteiger charge is 1.84. The molecule has 0 bridgehead atoms. The van der Waals surface area contributed by atoms with Crippen molar-refractivity contribution >= 4 is 6.29 Å². The van der Waals surface area contributed by atoms with Gasteiger partial charge in [-0.1, -0.05) is 6.58 Å². The molecule has 0 rings (SSSR count). The Bertz CT molecular complexity index is 157. The van der Waals surface area contributed by atoms with Gasteiger partial charge in [0.1, 0.15) is 12.9 Å². The molecule has 0 saturated heterocycles. The summed E-state index contributed by atoms with van der Waals surface area (Å²) in [6, 6.07) is 0. The van der Waals surface area contributed by atoms with Crippen LogP contribution in [0.5, 0.6) is 0 Å². The molecule has 0 aromatic rings. The molecular weight excluding hydrogens is 128 g/mol. The molecule has 0 N–H and O–H groups in total. The van der Waals surface area contributed by atoms with Crippen LogP contribution in [0.2, 0.25) is 0 Å². The topological polar surface area (TPSA) is 26.3 Å². The van der Waals surface area contributed by atoms with Crippen molar-refractivity contribution in [1.82, 2.24) is 0 Å². The summed E-state index contributed by atoms with van der Waals surface area (Å²) in [7, 11) is 0. The fourth-order valence-electron chi connectivity index (χ4n) is 0.343. The van der Waals surface area contributed by atoms with E-state index >= 15 is 0 Å². The monoisotopic (exact) mass is 140 g/mol. The average Bonchev–Trinajstić information content (AvgIpc) is 1.87. The summed E-state index contributed by atoms with van der Waals surface area (Å²) in [5.74, 6) is 0. The standard InChI is InChI=1S/C8H12O2/c1-7(2)5-10-6-8(3)4-9/h4,6H,1,5H2,2-3H3. The first-order valence-electron chi connectivity index (χ1n) is 3.04. The second-order valence-corrected chi connectivity index (χ2v) is 2.25. The molecule has 0 spiro atoms. The van der Waals surface area contributed by atoms with Crippen molar-refractivity contribution in [2.24, 2.45) is 0 Å². The second-order valence-electron chi connectivity index (χ2n) is 2.25. The predicted octanol–water partition coefficient (Wildman–Crippen LogP) is 1.68. The van der Waals surface area contributed by atoms with Gasteiger partial charge in [-0.15, -0.1) is 0 Å². The van der Waals surface area contributed by atoms with Gasteiger partial charge in [0.2, 0.25) is 0 Å². The van der Waals surface area contributed by atoms with Gasteiger partial charge in [0.05, 0.1) is 6.26 Å². The lowest BCUT2D eigenvalue weighted by Crippen LogP contribution is -1.88. The highest BCUT2D eigenvalue weighted by atomic mass is 16.5. The molecule has 56 valence electrons. The van der Waals surface area contributed by atoms with E-state index in [4.69, 9.17) is 4.74 Å². The smallest absolute Gasteiger partial charge is 0.148 e. The molecule has 0 atom stereocenters. The van der Waals surface area contributed by atoms with Crippen LogP contribution in [0.3, 0.4) is 0 Å². The maximum atomic E-state index is 10.0. The summed E-state index contributed by atoms with van der Waals surface area (Å²) in [5, 5.41) is 0. The molecule has 0 unspecified atom stereocenters. The third-order valence-corrected chi connectivity index (χ3v) is 0.785. The van der Waals surface area contributed by atoms with Crippen LogP contribution in [0.15, 0.2) is 24.0 Å². The molecule has 0 fully saturated rings. The van der Waals surface area contributed by atoms with Crippen molar-refractivity contribution in [3.05, 3.63) is 24.0 Å². The van der Waals surface area contributed by atoms with Crippen LogP contribution in [0, 0.1) is 0 Å². The molecule has 10 heavy (non-hydrogen) atoms. The Balaban J connectivity index is 3.52. The van der Waals surface area contributed by atoms with E-state index in [0.29, 0.717) is 12.2 Å². The first-order chi connectivity index (χ1) is 4.66.